The predicted molar refractivity (Wildman–Crippen MR) is 41.3 cm³/mol. The van der Waals surface area contributed by atoms with Crippen LogP contribution in [0.2, 0.25) is 0 Å². The molecule has 0 aromatic rings. The summed E-state index contributed by atoms with van der Waals surface area (Å²) in [5.41, 5.74) is 7.88. The van der Waals surface area contributed by atoms with E-state index in [2.05, 4.69) is 10.0 Å². The number of hydrogen-bond donors (Lipinski definition) is 2. The second kappa shape index (κ2) is 6.60. The fourth-order valence-corrected chi connectivity index (χ4v) is 0.727. The summed E-state index contributed by atoms with van der Waals surface area (Å²) in [7, 11) is 0. The van der Waals surface area contributed by atoms with Gasteiger partial charge in [-0.15, -0.1) is 0 Å². The molecule has 0 aliphatic heterocycles. The summed E-state index contributed by atoms with van der Waals surface area (Å²) < 4.78 is 0. The van der Waals surface area contributed by atoms with E-state index >= 15 is 0 Å². The van der Waals surface area contributed by atoms with Gasteiger partial charge < -0.3 is 15.0 Å². The maximum absolute atomic E-state index is 9.89. The van der Waals surface area contributed by atoms with Crippen molar-refractivity contribution in [2.24, 2.45) is 5.11 Å². The zero-order valence-electron chi connectivity index (χ0n) is 6.50. The highest BCUT2D eigenvalue weighted by atomic mass is 16.3. The van der Waals surface area contributed by atoms with Crippen LogP contribution in [0.25, 0.3) is 10.4 Å². The molecule has 0 fully saturated rings. The monoisotopic (exact) mass is 173 g/mol. The van der Waals surface area contributed by atoms with Gasteiger partial charge in [0.2, 0.25) is 0 Å². The van der Waals surface area contributed by atoms with E-state index in [1.807, 2.05) is 0 Å². The van der Waals surface area contributed by atoms with Crippen molar-refractivity contribution in [1.82, 2.24) is 0 Å². The molecule has 0 aliphatic rings. The second-order valence-electron chi connectivity index (χ2n) is 2.36. The van der Waals surface area contributed by atoms with E-state index in [-0.39, 0.29) is 19.4 Å². The minimum atomic E-state index is -0.879. The Balaban J connectivity index is 3.59. The second-order valence-corrected chi connectivity index (χ2v) is 2.36. The molecule has 0 unspecified atom stereocenters. The van der Waals surface area contributed by atoms with Gasteiger partial charge in [-0.2, -0.15) is 0 Å². The highest BCUT2D eigenvalue weighted by molar-refractivity contribution is 5.49. The standard InChI is InChI=1S/C6H11N3O3/c7-9-8-4-6(12)3-5(11)1-2-10/h2,5-6,11-12H,1,3-4H2/t5-,6-/m0/s1. The Morgan fingerprint density at radius 2 is 2.17 bits per heavy atom. The number of rotatable bonds is 6. The third-order valence-electron chi connectivity index (χ3n) is 1.27. The van der Waals surface area contributed by atoms with Crippen molar-refractivity contribution in [1.29, 1.82) is 0 Å². The molecule has 0 aliphatic carbocycles. The average Bonchev–Trinajstić information content (AvgIpc) is 2.01. The van der Waals surface area contributed by atoms with Crippen LogP contribution in [0, 0.1) is 0 Å². The lowest BCUT2D eigenvalue weighted by Gasteiger charge is -2.10. The topological polar surface area (TPSA) is 106 Å². The molecule has 2 atom stereocenters. The van der Waals surface area contributed by atoms with Crippen LogP contribution >= 0.6 is 0 Å². The van der Waals surface area contributed by atoms with Gasteiger partial charge in [0.15, 0.2) is 0 Å². The van der Waals surface area contributed by atoms with E-state index < -0.39 is 12.2 Å². The summed E-state index contributed by atoms with van der Waals surface area (Å²) in [6.45, 7) is -0.0770. The number of aliphatic hydroxyl groups is 2. The van der Waals surface area contributed by atoms with Gasteiger partial charge in [-0.3, -0.25) is 0 Å². The highest BCUT2D eigenvalue weighted by Crippen LogP contribution is 2.01. The lowest BCUT2D eigenvalue weighted by atomic mass is 10.1. The quantitative estimate of drug-likeness (QED) is 0.255. The SMILES string of the molecule is [N-]=[N+]=NC[C@@H](O)C[C@@H](O)CC=O. The first-order valence-corrected chi connectivity index (χ1v) is 3.51. The predicted octanol–water partition coefficient (Wildman–Crippen LogP) is -0.00240. The molecule has 2 N–H and O–H groups in total. The van der Waals surface area contributed by atoms with Crippen molar-refractivity contribution in [2.45, 2.75) is 25.0 Å². The van der Waals surface area contributed by atoms with Crippen LogP contribution < -0.4 is 0 Å². The Hall–Kier alpha value is -1.10. The summed E-state index contributed by atoms with van der Waals surface area (Å²) in [5, 5.41) is 21.1. The fourth-order valence-electron chi connectivity index (χ4n) is 0.727. The lowest BCUT2D eigenvalue weighted by molar-refractivity contribution is -0.109. The number of carbonyl (C=O) groups excluding carboxylic acids is 1. The average molecular weight is 173 g/mol. The van der Waals surface area contributed by atoms with Crippen molar-refractivity contribution in [2.75, 3.05) is 6.54 Å². The number of azide groups is 1. The fraction of sp³-hybridized carbons (Fsp3) is 0.833. The Morgan fingerprint density at radius 3 is 2.67 bits per heavy atom. The summed E-state index contributed by atoms with van der Waals surface area (Å²) in [6, 6.07) is 0. The molecule has 0 rings (SSSR count). The molecule has 0 aromatic heterocycles. The van der Waals surface area contributed by atoms with Gasteiger partial charge >= 0.3 is 0 Å². The summed E-state index contributed by atoms with van der Waals surface area (Å²) >= 11 is 0. The van der Waals surface area contributed by atoms with Crippen LogP contribution in [0.5, 0.6) is 0 Å². The summed E-state index contributed by atoms with van der Waals surface area (Å²) in [6.07, 6.45) is -1.11. The van der Waals surface area contributed by atoms with Crippen LogP contribution in [-0.4, -0.2) is 35.3 Å². The summed E-state index contributed by atoms with van der Waals surface area (Å²) in [4.78, 5) is 12.3. The minimum Gasteiger partial charge on any atom is -0.393 e. The molecule has 12 heavy (non-hydrogen) atoms. The normalized spacial score (nSPS) is 14.5. The maximum atomic E-state index is 9.89. The third-order valence-corrected chi connectivity index (χ3v) is 1.27. The van der Waals surface area contributed by atoms with Crippen molar-refractivity contribution >= 4 is 6.29 Å². The first kappa shape index (κ1) is 10.9. The van der Waals surface area contributed by atoms with Crippen molar-refractivity contribution < 1.29 is 15.0 Å². The van der Waals surface area contributed by atoms with Gasteiger partial charge in [0.05, 0.1) is 18.8 Å². The van der Waals surface area contributed by atoms with Gasteiger partial charge in [-0.1, -0.05) is 5.11 Å². The Labute approximate surface area is 69.4 Å². The molecular weight excluding hydrogens is 162 g/mol. The third kappa shape index (κ3) is 5.67. The van der Waals surface area contributed by atoms with Crippen LogP contribution in [0.4, 0.5) is 0 Å². The van der Waals surface area contributed by atoms with Crippen molar-refractivity contribution in [3.8, 4) is 0 Å². The van der Waals surface area contributed by atoms with Gasteiger partial charge in [-0.05, 0) is 12.0 Å². The number of aliphatic hydroxyl groups excluding tert-OH is 2. The van der Waals surface area contributed by atoms with E-state index in [1.165, 1.54) is 0 Å². The van der Waals surface area contributed by atoms with Crippen molar-refractivity contribution in [3.63, 3.8) is 0 Å². The zero-order valence-corrected chi connectivity index (χ0v) is 6.50. The molecule has 0 bridgehead atoms. The van der Waals surface area contributed by atoms with E-state index in [1.54, 1.807) is 0 Å². The number of aldehydes is 1. The zero-order chi connectivity index (χ0) is 9.40. The van der Waals surface area contributed by atoms with E-state index in [9.17, 15) is 4.79 Å². The van der Waals surface area contributed by atoms with E-state index in [0.29, 0.717) is 6.29 Å². The highest BCUT2D eigenvalue weighted by Gasteiger charge is 2.09. The van der Waals surface area contributed by atoms with Gasteiger partial charge in [-0.25, -0.2) is 0 Å². The Kier molecular flexibility index (Phi) is 6.00. The van der Waals surface area contributed by atoms with Crippen LogP contribution in [0.15, 0.2) is 5.11 Å². The Morgan fingerprint density at radius 1 is 1.50 bits per heavy atom. The van der Waals surface area contributed by atoms with Crippen molar-refractivity contribution in [3.05, 3.63) is 10.4 Å². The first-order valence-electron chi connectivity index (χ1n) is 3.51. The number of carbonyl (C=O) groups is 1. The molecule has 68 valence electrons. The molecule has 0 radical (unpaired) electrons. The summed E-state index contributed by atoms with van der Waals surface area (Å²) in [5.74, 6) is 0. The molecule has 0 saturated carbocycles. The van der Waals surface area contributed by atoms with Gasteiger partial charge in [0.25, 0.3) is 0 Å². The van der Waals surface area contributed by atoms with E-state index in [0.717, 1.165) is 0 Å². The minimum absolute atomic E-state index is 0.00662. The maximum Gasteiger partial charge on any atom is 0.122 e. The number of nitrogens with zero attached hydrogens (tertiary/aromatic N) is 3. The van der Waals surface area contributed by atoms with Crippen LogP contribution in [0.1, 0.15) is 12.8 Å². The number of hydrogen-bond acceptors (Lipinski definition) is 4. The van der Waals surface area contributed by atoms with Gasteiger partial charge in [0, 0.05) is 11.3 Å². The first-order chi connectivity index (χ1) is 5.70. The molecule has 0 spiro atoms. The lowest BCUT2D eigenvalue weighted by Crippen LogP contribution is -2.20. The smallest absolute Gasteiger partial charge is 0.122 e. The molecule has 6 nitrogen and oxygen atoms in total. The molecule has 0 aromatic carbocycles. The molecule has 0 heterocycles. The largest absolute Gasteiger partial charge is 0.393 e. The Bertz CT molecular complexity index is 179. The molecular formula is C6H11N3O3. The molecule has 6 heteroatoms. The molecule has 0 saturated heterocycles. The van der Waals surface area contributed by atoms with Crippen LogP contribution in [0.3, 0.4) is 0 Å². The molecule has 0 amide bonds. The van der Waals surface area contributed by atoms with Crippen LogP contribution in [-0.2, 0) is 4.79 Å². The van der Waals surface area contributed by atoms with E-state index in [4.69, 9.17) is 15.7 Å². The van der Waals surface area contributed by atoms with Gasteiger partial charge in [0.1, 0.15) is 6.29 Å².